The van der Waals surface area contributed by atoms with Crippen molar-refractivity contribution in [3.8, 4) is 0 Å². The van der Waals surface area contributed by atoms with Crippen molar-refractivity contribution in [2.24, 2.45) is 9.98 Å². The highest BCUT2D eigenvalue weighted by Crippen LogP contribution is 2.07. The number of nitrogens with zero attached hydrogens (tertiary/aromatic N) is 3. The molecule has 0 saturated carbocycles. The summed E-state index contributed by atoms with van der Waals surface area (Å²) in [6.07, 6.45) is 4.39. The van der Waals surface area contributed by atoms with E-state index in [1.165, 1.54) is 0 Å². The molecule has 1 heterocycles. The molecule has 0 aromatic heterocycles. The monoisotopic (exact) mass is 168 g/mol. The van der Waals surface area contributed by atoms with Gasteiger partial charge in [0.25, 0.3) is 0 Å². The molecule has 1 aliphatic rings. The molecule has 4 heteroatoms. The van der Waals surface area contributed by atoms with Crippen molar-refractivity contribution >= 4 is 12.7 Å². The quantitative estimate of drug-likeness (QED) is 0.683. The van der Waals surface area contributed by atoms with Crippen LogP contribution in [0.1, 0.15) is 27.2 Å². The van der Waals surface area contributed by atoms with Crippen LogP contribution >= 0.6 is 0 Å². The molecule has 1 N–H and O–H groups in total. The van der Waals surface area contributed by atoms with E-state index in [1.807, 2.05) is 5.01 Å². The van der Waals surface area contributed by atoms with Gasteiger partial charge in [-0.15, -0.1) is 0 Å². The Bertz CT molecular complexity index is 195. The number of hydrazine groups is 1. The van der Waals surface area contributed by atoms with Crippen molar-refractivity contribution in [2.45, 2.75) is 32.7 Å². The summed E-state index contributed by atoms with van der Waals surface area (Å²) >= 11 is 0. The molecule has 0 unspecified atom stereocenters. The molecular weight excluding hydrogens is 152 g/mol. The van der Waals surface area contributed by atoms with Crippen LogP contribution in [0.3, 0.4) is 0 Å². The summed E-state index contributed by atoms with van der Waals surface area (Å²) in [6.45, 7) is 7.10. The van der Waals surface area contributed by atoms with Crippen LogP contribution in [-0.2, 0) is 0 Å². The topological polar surface area (TPSA) is 40.0 Å². The fourth-order valence-corrected chi connectivity index (χ4v) is 0.850. The first-order chi connectivity index (χ1) is 5.64. The Morgan fingerprint density at radius 2 is 2.33 bits per heavy atom. The molecule has 0 fully saturated rings. The Morgan fingerprint density at radius 1 is 1.58 bits per heavy atom. The molecule has 0 amide bonds. The molecule has 0 bridgehead atoms. The first-order valence-corrected chi connectivity index (χ1v) is 4.20. The van der Waals surface area contributed by atoms with Crippen molar-refractivity contribution in [3.05, 3.63) is 0 Å². The highest BCUT2D eigenvalue weighted by Gasteiger charge is 2.17. The predicted molar refractivity (Wildman–Crippen MR) is 51.2 cm³/mol. The Kier molecular flexibility index (Phi) is 2.81. The van der Waals surface area contributed by atoms with E-state index in [0.29, 0.717) is 6.67 Å². The van der Waals surface area contributed by atoms with Gasteiger partial charge in [-0.1, -0.05) is 6.92 Å². The average molecular weight is 168 g/mol. The lowest BCUT2D eigenvalue weighted by molar-refractivity contribution is 0.205. The van der Waals surface area contributed by atoms with Gasteiger partial charge in [0, 0.05) is 5.54 Å². The minimum absolute atomic E-state index is 0.110. The lowest BCUT2D eigenvalue weighted by atomic mass is 10.0. The van der Waals surface area contributed by atoms with Crippen LogP contribution in [0.4, 0.5) is 0 Å². The fraction of sp³-hybridized carbons (Fsp3) is 0.750. The van der Waals surface area contributed by atoms with Crippen LogP contribution in [0.25, 0.3) is 0 Å². The van der Waals surface area contributed by atoms with Crippen molar-refractivity contribution in [1.82, 2.24) is 10.4 Å². The van der Waals surface area contributed by atoms with Crippen LogP contribution in [0.15, 0.2) is 9.98 Å². The Labute approximate surface area is 73.4 Å². The number of hydrogen-bond acceptors (Lipinski definition) is 4. The van der Waals surface area contributed by atoms with E-state index in [4.69, 9.17) is 0 Å². The van der Waals surface area contributed by atoms with E-state index in [9.17, 15) is 0 Å². The number of nitrogens with one attached hydrogen (secondary N) is 1. The number of aliphatic imine (C=N–C) groups is 2. The summed E-state index contributed by atoms with van der Waals surface area (Å²) in [4.78, 5) is 7.94. The fourth-order valence-electron chi connectivity index (χ4n) is 0.850. The van der Waals surface area contributed by atoms with Gasteiger partial charge in [-0.2, -0.15) is 0 Å². The largest absolute Gasteiger partial charge is 0.276 e. The van der Waals surface area contributed by atoms with E-state index in [0.717, 1.165) is 6.42 Å². The number of rotatable bonds is 3. The molecule has 0 atom stereocenters. The summed E-state index contributed by atoms with van der Waals surface area (Å²) < 4.78 is 0. The van der Waals surface area contributed by atoms with E-state index < -0.39 is 0 Å². The SMILES string of the molecule is CCC(C)(C)NN1C=NC=NC1. The second-order valence-corrected chi connectivity index (χ2v) is 3.52. The maximum absolute atomic E-state index is 4.02. The second-order valence-electron chi connectivity index (χ2n) is 3.52. The van der Waals surface area contributed by atoms with Crippen molar-refractivity contribution in [3.63, 3.8) is 0 Å². The minimum atomic E-state index is 0.110. The molecular formula is C8H16N4. The molecule has 68 valence electrons. The van der Waals surface area contributed by atoms with Crippen LogP contribution in [-0.4, -0.2) is 29.9 Å². The third kappa shape index (κ3) is 2.62. The third-order valence-corrected chi connectivity index (χ3v) is 1.92. The lowest BCUT2D eigenvalue weighted by Gasteiger charge is -2.31. The average Bonchev–Trinajstić information content (AvgIpc) is 2.06. The molecule has 0 saturated heterocycles. The van der Waals surface area contributed by atoms with Gasteiger partial charge in [-0.05, 0) is 20.3 Å². The summed E-state index contributed by atoms with van der Waals surface area (Å²) in [7, 11) is 0. The smallest absolute Gasteiger partial charge is 0.127 e. The molecule has 1 rings (SSSR count). The normalized spacial score (nSPS) is 17.1. The van der Waals surface area contributed by atoms with Crippen LogP contribution < -0.4 is 5.43 Å². The van der Waals surface area contributed by atoms with Gasteiger partial charge in [-0.25, -0.2) is 10.4 Å². The van der Waals surface area contributed by atoms with E-state index in [-0.39, 0.29) is 5.54 Å². The lowest BCUT2D eigenvalue weighted by Crippen LogP contribution is -2.50. The predicted octanol–water partition coefficient (Wildman–Crippen LogP) is 1.01. The highest BCUT2D eigenvalue weighted by molar-refractivity contribution is 5.72. The van der Waals surface area contributed by atoms with Gasteiger partial charge in [0.2, 0.25) is 0 Å². The van der Waals surface area contributed by atoms with Gasteiger partial charge in [-0.3, -0.25) is 10.0 Å². The summed E-state index contributed by atoms with van der Waals surface area (Å²) in [5.41, 5.74) is 3.43. The Morgan fingerprint density at radius 3 is 2.83 bits per heavy atom. The summed E-state index contributed by atoms with van der Waals surface area (Å²) in [5.74, 6) is 0. The zero-order valence-corrected chi connectivity index (χ0v) is 7.91. The molecule has 0 radical (unpaired) electrons. The zero-order chi connectivity index (χ0) is 9.03. The van der Waals surface area contributed by atoms with Crippen molar-refractivity contribution in [1.29, 1.82) is 0 Å². The maximum Gasteiger partial charge on any atom is 0.127 e. The van der Waals surface area contributed by atoms with Crippen molar-refractivity contribution < 1.29 is 0 Å². The van der Waals surface area contributed by atoms with Crippen LogP contribution in [0.2, 0.25) is 0 Å². The molecule has 0 aromatic rings. The van der Waals surface area contributed by atoms with Crippen molar-refractivity contribution in [2.75, 3.05) is 6.67 Å². The molecule has 0 aromatic carbocycles. The standard InChI is InChI=1S/C8H16N4/c1-4-8(2,3)11-12-6-9-5-10-7-12/h5-6,11H,4,7H2,1-3H3. The van der Waals surface area contributed by atoms with Gasteiger partial charge < -0.3 is 0 Å². The van der Waals surface area contributed by atoms with Gasteiger partial charge in [0.1, 0.15) is 19.3 Å². The van der Waals surface area contributed by atoms with Gasteiger partial charge in [0.05, 0.1) is 0 Å². The van der Waals surface area contributed by atoms with E-state index >= 15 is 0 Å². The van der Waals surface area contributed by atoms with Gasteiger partial charge in [0.15, 0.2) is 0 Å². The molecule has 0 spiro atoms. The Hall–Kier alpha value is -0.900. The van der Waals surface area contributed by atoms with Gasteiger partial charge >= 0.3 is 0 Å². The summed E-state index contributed by atoms with van der Waals surface area (Å²) in [6, 6.07) is 0. The Balaban J connectivity index is 2.41. The minimum Gasteiger partial charge on any atom is -0.276 e. The first kappa shape index (κ1) is 9.19. The highest BCUT2D eigenvalue weighted by atomic mass is 15.6. The van der Waals surface area contributed by atoms with E-state index in [2.05, 4.69) is 36.2 Å². The maximum atomic E-state index is 4.02. The molecule has 0 aliphatic carbocycles. The van der Waals surface area contributed by atoms with E-state index in [1.54, 1.807) is 12.7 Å². The molecule has 4 nitrogen and oxygen atoms in total. The number of hydrogen-bond donors (Lipinski definition) is 1. The third-order valence-electron chi connectivity index (χ3n) is 1.92. The zero-order valence-electron chi connectivity index (χ0n) is 7.91. The molecule has 12 heavy (non-hydrogen) atoms. The first-order valence-electron chi connectivity index (χ1n) is 4.20. The van der Waals surface area contributed by atoms with Crippen LogP contribution in [0, 0.1) is 0 Å². The van der Waals surface area contributed by atoms with Crippen LogP contribution in [0.5, 0.6) is 0 Å². The summed E-state index contributed by atoms with van der Waals surface area (Å²) in [5, 5.41) is 1.89. The molecule has 1 aliphatic heterocycles. The second kappa shape index (κ2) is 3.67.